The first-order chi connectivity index (χ1) is 11.6. The molecule has 0 aliphatic carbocycles. The van der Waals surface area contributed by atoms with E-state index in [0.717, 1.165) is 17.2 Å². The summed E-state index contributed by atoms with van der Waals surface area (Å²) in [6, 6.07) is 0. The number of halogens is 6. The Balaban J connectivity index is 0.000000502. The number of aromatic nitrogens is 2. The zero-order valence-corrected chi connectivity index (χ0v) is 15.3. The highest BCUT2D eigenvalue weighted by molar-refractivity contribution is 8.13. The Labute approximate surface area is 146 Å². The maximum absolute atomic E-state index is 11.4. The Kier molecular flexibility index (Phi) is 8.56. The van der Waals surface area contributed by atoms with Crippen LogP contribution in [0.2, 0.25) is 0 Å². The largest absolute Gasteiger partial charge is 0.480 e. The van der Waals surface area contributed by atoms with Crippen molar-refractivity contribution in [1.29, 1.82) is 0 Å². The van der Waals surface area contributed by atoms with Crippen molar-refractivity contribution >= 4 is 20.0 Å². The van der Waals surface area contributed by atoms with Crippen LogP contribution in [0.5, 0.6) is 0 Å². The zero-order chi connectivity index (χ0) is 20.8. The first-order valence-electron chi connectivity index (χ1n) is 6.99. The average molecular weight is 433 g/mol. The van der Waals surface area contributed by atoms with Crippen LogP contribution in [0.15, 0.2) is 18.7 Å². The van der Waals surface area contributed by atoms with E-state index in [1.165, 1.54) is 12.8 Å². The highest BCUT2D eigenvalue weighted by Crippen LogP contribution is 2.36. The highest BCUT2D eigenvalue weighted by Gasteiger charge is 2.46. The zero-order valence-electron chi connectivity index (χ0n) is 13.6. The van der Waals surface area contributed by atoms with E-state index in [1.54, 1.807) is 0 Å². The van der Waals surface area contributed by atoms with Crippen LogP contribution in [-0.2, 0) is 33.1 Å². The van der Waals surface area contributed by atoms with Crippen LogP contribution in [0.1, 0.15) is 26.7 Å². The molecule has 26 heavy (non-hydrogen) atoms. The van der Waals surface area contributed by atoms with E-state index >= 15 is 0 Å². The smallest absolute Gasteiger partial charge is 0.421 e. The molecule has 0 atom stereocenters. The van der Waals surface area contributed by atoms with E-state index in [0.29, 0.717) is 0 Å². The van der Waals surface area contributed by atoms with Crippen molar-refractivity contribution in [3.05, 3.63) is 22.8 Å². The van der Waals surface area contributed by atoms with Crippen molar-refractivity contribution in [3.63, 3.8) is 0 Å². The Morgan fingerprint density at radius 3 is 1.73 bits per heavy atom. The molecule has 0 radical (unpaired) electrons. The first kappa shape index (κ1) is 24.7. The highest BCUT2D eigenvalue weighted by atomic mass is 32.3. The predicted molar refractivity (Wildman–Crippen MR) is 78.5 cm³/mol. The van der Waals surface area contributed by atoms with Gasteiger partial charge >= 0.3 is 11.0 Å². The molecule has 0 amide bonds. The summed E-state index contributed by atoms with van der Waals surface area (Å²) in [4.78, 5) is 0. The van der Waals surface area contributed by atoms with E-state index in [1.807, 2.05) is 0 Å². The molecule has 0 N–H and O–H groups in total. The van der Waals surface area contributed by atoms with Crippen molar-refractivity contribution in [3.8, 4) is 0 Å². The van der Waals surface area contributed by atoms with Gasteiger partial charge < -0.3 is 4.13 Å². The second-order valence-corrected chi connectivity index (χ2v) is 8.23. The van der Waals surface area contributed by atoms with Gasteiger partial charge in [-0.25, -0.2) is 26.0 Å². The van der Waals surface area contributed by atoms with Gasteiger partial charge in [0, 0.05) is 0 Å². The lowest BCUT2D eigenvalue weighted by Gasteiger charge is -2.22. The van der Waals surface area contributed by atoms with E-state index in [2.05, 4.69) is 41.7 Å². The predicted octanol–water partition coefficient (Wildman–Crippen LogP) is 2.65. The van der Waals surface area contributed by atoms with Crippen LogP contribution in [-0.4, -0.2) is 32.4 Å². The number of hydrogen-bond acceptors (Lipinski definition) is 4. The molecule has 0 unspecified atom stereocenters. The van der Waals surface area contributed by atoms with Gasteiger partial charge in [-0.3, -0.25) is 0 Å². The van der Waals surface area contributed by atoms with E-state index in [4.69, 9.17) is 0 Å². The Bertz CT molecular complexity index is 706. The summed E-state index contributed by atoms with van der Waals surface area (Å²) in [6.07, 6.45) is 8.87. The molecule has 0 aliphatic heterocycles. The van der Waals surface area contributed by atoms with Crippen molar-refractivity contribution in [1.82, 2.24) is 4.57 Å². The SMILES string of the molecule is CCCn1cc[n+](CCC)c1.O=S(=O)([N-]S(=O)(=O)C(F)(F)F)C(F)(F)F. The number of sulfonamides is 2. The van der Waals surface area contributed by atoms with Crippen LogP contribution in [0.25, 0.3) is 4.13 Å². The minimum absolute atomic E-state index is 0.778. The minimum Gasteiger partial charge on any atom is -0.421 e. The number of hydrogen-bond donors (Lipinski definition) is 0. The number of imidazole rings is 1. The monoisotopic (exact) mass is 433 g/mol. The molecule has 0 fully saturated rings. The number of alkyl halides is 6. The molecule has 0 aromatic carbocycles. The van der Waals surface area contributed by atoms with Crippen molar-refractivity contribution < 1.29 is 47.7 Å². The van der Waals surface area contributed by atoms with Crippen LogP contribution < -0.4 is 4.57 Å². The number of aryl methyl sites for hydroxylation is 2. The topological polar surface area (TPSA) is 91.2 Å². The number of rotatable bonds is 6. The van der Waals surface area contributed by atoms with Crippen LogP contribution in [0.3, 0.4) is 0 Å². The van der Waals surface area contributed by atoms with E-state index < -0.39 is 31.1 Å². The standard InChI is InChI=1S/C9H17N2.C2F6NO4S2/c1-3-5-10-7-8-11(9-10)6-4-2;3-1(4,5)14(10,11)9-15(12,13)2(6,7)8/h7-9H,3-6H2,1-2H3;/q+1;-1. The summed E-state index contributed by atoms with van der Waals surface area (Å²) in [5.74, 6) is 0. The van der Waals surface area contributed by atoms with Gasteiger partial charge in [0.25, 0.3) is 0 Å². The molecule has 0 spiro atoms. The summed E-state index contributed by atoms with van der Waals surface area (Å²) in [5.41, 5.74) is -12.4. The molecule has 1 aromatic rings. The lowest BCUT2D eigenvalue weighted by Crippen LogP contribution is -2.30. The quantitative estimate of drug-likeness (QED) is 0.510. The Morgan fingerprint density at radius 2 is 1.38 bits per heavy atom. The maximum atomic E-state index is 11.4. The van der Waals surface area contributed by atoms with E-state index in [9.17, 15) is 43.2 Å². The second kappa shape index (κ2) is 9.03. The van der Waals surface area contributed by atoms with Crippen LogP contribution >= 0.6 is 0 Å². The molecule has 1 heterocycles. The normalized spacial score (nSPS) is 13.2. The van der Waals surface area contributed by atoms with Gasteiger partial charge in [0.05, 0.1) is 13.1 Å². The van der Waals surface area contributed by atoms with Gasteiger partial charge in [0.1, 0.15) is 12.4 Å². The molecule has 1 aromatic heterocycles. The van der Waals surface area contributed by atoms with Gasteiger partial charge in [0.15, 0.2) is 20.0 Å². The molecule has 154 valence electrons. The third-order valence-electron chi connectivity index (χ3n) is 2.49. The Hall–Kier alpha value is -1.35. The molecule has 15 heteroatoms. The Morgan fingerprint density at radius 1 is 0.923 bits per heavy atom. The lowest BCUT2D eigenvalue weighted by atomic mass is 10.5. The molecule has 0 saturated carbocycles. The minimum atomic E-state index is -6.72. The van der Waals surface area contributed by atoms with Crippen LogP contribution in [0, 0.1) is 0 Å². The average Bonchev–Trinajstić information content (AvgIpc) is 2.84. The van der Waals surface area contributed by atoms with Gasteiger partial charge in [0.2, 0.25) is 6.33 Å². The van der Waals surface area contributed by atoms with Gasteiger partial charge in [-0.05, 0) is 12.8 Å². The summed E-state index contributed by atoms with van der Waals surface area (Å²) in [5, 5.41) is 0. The summed E-state index contributed by atoms with van der Waals surface area (Å²) in [6.45, 7) is 6.67. The molecule has 1 rings (SSSR count). The molecule has 0 bridgehead atoms. The van der Waals surface area contributed by atoms with Crippen molar-refractivity contribution in [2.24, 2.45) is 0 Å². The fourth-order valence-corrected chi connectivity index (χ4v) is 3.14. The third kappa shape index (κ3) is 7.49. The fourth-order valence-electron chi connectivity index (χ4n) is 1.43. The van der Waals surface area contributed by atoms with Crippen LogP contribution in [0.4, 0.5) is 26.3 Å². The summed E-state index contributed by atoms with van der Waals surface area (Å²) < 4.78 is 114. The van der Waals surface area contributed by atoms with Crippen molar-refractivity contribution in [2.45, 2.75) is 50.8 Å². The third-order valence-corrected chi connectivity index (χ3v) is 5.23. The van der Waals surface area contributed by atoms with Gasteiger partial charge in [-0.15, -0.1) is 0 Å². The maximum Gasteiger partial charge on any atom is 0.480 e. The molecule has 0 aliphatic rings. The van der Waals surface area contributed by atoms with Crippen molar-refractivity contribution in [2.75, 3.05) is 0 Å². The lowest BCUT2D eigenvalue weighted by molar-refractivity contribution is -0.696. The first-order valence-corrected chi connectivity index (χ1v) is 9.87. The van der Waals surface area contributed by atoms with Gasteiger partial charge in [-0.1, -0.05) is 13.8 Å². The van der Waals surface area contributed by atoms with Gasteiger partial charge in [-0.2, -0.15) is 26.3 Å². The van der Waals surface area contributed by atoms with E-state index in [-0.39, 0.29) is 0 Å². The molecular weight excluding hydrogens is 416 g/mol. The fraction of sp³-hybridized carbons (Fsp3) is 0.727. The summed E-state index contributed by atoms with van der Waals surface area (Å²) in [7, 11) is -13.4. The summed E-state index contributed by atoms with van der Waals surface area (Å²) >= 11 is 0. The molecule has 7 nitrogen and oxygen atoms in total. The molecular formula is C11H17F6N3O4S2. The second-order valence-electron chi connectivity index (χ2n) is 4.81. The molecule has 0 saturated heterocycles. The number of nitrogens with zero attached hydrogens (tertiary/aromatic N) is 3.